The zero-order chi connectivity index (χ0) is 21.3. The van der Waals surface area contributed by atoms with Gasteiger partial charge in [0.15, 0.2) is 0 Å². The topological polar surface area (TPSA) is 66.5 Å². The molecule has 0 spiro atoms. The second-order valence-corrected chi connectivity index (χ2v) is 9.59. The van der Waals surface area contributed by atoms with Gasteiger partial charge in [0.2, 0.25) is 0 Å². The number of carbonyl (C=O) groups excluding carboxylic acids is 1. The second-order valence-electron chi connectivity index (χ2n) is 6.77. The molecule has 0 bridgehead atoms. The van der Waals surface area contributed by atoms with Gasteiger partial charge in [-0.05, 0) is 55.5 Å². The van der Waals surface area contributed by atoms with Crippen LogP contribution in [0.5, 0.6) is 0 Å². The lowest BCUT2D eigenvalue weighted by atomic mass is 10.1. The molecule has 3 rings (SSSR count). The quantitative estimate of drug-likeness (QED) is 0.624. The zero-order valence-corrected chi connectivity index (χ0v) is 18.1. The Morgan fingerprint density at radius 1 is 1.07 bits per heavy atom. The molecule has 0 fully saturated rings. The highest BCUT2D eigenvalue weighted by molar-refractivity contribution is 7.93. The first kappa shape index (κ1) is 21.0. The minimum absolute atomic E-state index is 0.0348. The van der Waals surface area contributed by atoms with Crippen LogP contribution in [0.1, 0.15) is 26.4 Å². The Morgan fingerprint density at radius 3 is 2.31 bits per heavy atom. The third-order valence-corrected chi connectivity index (χ3v) is 7.52. The molecule has 3 aromatic rings. The SMILES string of the molecule is Cc1cc(C)c(S(=O)(=O)N(C)c2ccsc2C(=O)Nc2ccccc2F)c(C)c1. The van der Waals surface area contributed by atoms with Crippen molar-refractivity contribution < 1.29 is 17.6 Å². The van der Waals surface area contributed by atoms with E-state index in [1.54, 1.807) is 31.4 Å². The molecule has 5 nitrogen and oxygen atoms in total. The summed E-state index contributed by atoms with van der Waals surface area (Å²) in [6, 6.07) is 11.0. The molecule has 2 aromatic carbocycles. The smallest absolute Gasteiger partial charge is 0.267 e. The van der Waals surface area contributed by atoms with Gasteiger partial charge in [0.25, 0.3) is 15.9 Å². The Balaban J connectivity index is 1.98. The number of anilines is 2. The van der Waals surface area contributed by atoms with Crippen LogP contribution in [0.2, 0.25) is 0 Å². The average molecular weight is 433 g/mol. The van der Waals surface area contributed by atoms with Crippen molar-refractivity contribution in [1.82, 2.24) is 0 Å². The third-order valence-electron chi connectivity index (χ3n) is 4.54. The molecule has 0 aliphatic rings. The number of aryl methyl sites for hydroxylation is 3. The van der Waals surface area contributed by atoms with Crippen LogP contribution in [0.25, 0.3) is 0 Å². The molecule has 1 aromatic heterocycles. The summed E-state index contributed by atoms with van der Waals surface area (Å²) in [5.41, 5.74) is 2.53. The van der Waals surface area contributed by atoms with E-state index in [4.69, 9.17) is 0 Å². The van der Waals surface area contributed by atoms with Crippen LogP contribution < -0.4 is 9.62 Å². The van der Waals surface area contributed by atoms with Gasteiger partial charge >= 0.3 is 0 Å². The Morgan fingerprint density at radius 2 is 1.69 bits per heavy atom. The predicted molar refractivity (Wildman–Crippen MR) is 115 cm³/mol. The minimum Gasteiger partial charge on any atom is -0.319 e. The van der Waals surface area contributed by atoms with E-state index in [0.29, 0.717) is 11.1 Å². The largest absolute Gasteiger partial charge is 0.319 e. The van der Waals surface area contributed by atoms with Crippen molar-refractivity contribution in [3.63, 3.8) is 0 Å². The molecule has 29 heavy (non-hydrogen) atoms. The van der Waals surface area contributed by atoms with Crippen molar-refractivity contribution in [3.05, 3.63) is 75.2 Å². The first-order chi connectivity index (χ1) is 13.6. The number of rotatable bonds is 5. The molecular formula is C21H21FN2O3S2. The van der Waals surface area contributed by atoms with Crippen molar-refractivity contribution in [2.75, 3.05) is 16.7 Å². The normalized spacial score (nSPS) is 11.3. The number of nitrogens with one attached hydrogen (secondary N) is 1. The highest BCUT2D eigenvalue weighted by Crippen LogP contribution is 2.33. The van der Waals surface area contributed by atoms with Gasteiger partial charge in [-0.15, -0.1) is 11.3 Å². The monoisotopic (exact) mass is 432 g/mol. The number of amides is 1. The van der Waals surface area contributed by atoms with Gasteiger partial charge in [-0.1, -0.05) is 29.8 Å². The van der Waals surface area contributed by atoms with Crippen molar-refractivity contribution >= 4 is 38.6 Å². The van der Waals surface area contributed by atoms with Crippen LogP contribution in [0.3, 0.4) is 0 Å². The standard InChI is InChI=1S/C21H21FN2O3S2/c1-13-11-14(2)20(15(3)12-13)29(26,27)24(4)18-9-10-28-19(18)21(25)23-17-8-6-5-7-16(17)22/h5-12H,1-4H3,(H,23,25). The zero-order valence-electron chi connectivity index (χ0n) is 16.5. The van der Waals surface area contributed by atoms with Gasteiger partial charge in [-0.2, -0.15) is 0 Å². The van der Waals surface area contributed by atoms with Crippen LogP contribution in [0.4, 0.5) is 15.8 Å². The van der Waals surface area contributed by atoms with E-state index in [9.17, 15) is 17.6 Å². The molecular weight excluding hydrogens is 411 g/mol. The van der Waals surface area contributed by atoms with Gasteiger partial charge in [-0.25, -0.2) is 12.8 Å². The maximum absolute atomic E-state index is 13.9. The van der Waals surface area contributed by atoms with E-state index in [1.165, 1.54) is 25.2 Å². The average Bonchev–Trinajstić information content (AvgIpc) is 3.11. The van der Waals surface area contributed by atoms with E-state index in [2.05, 4.69) is 5.32 Å². The lowest BCUT2D eigenvalue weighted by molar-refractivity contribution is 0.103. The van der Waals surface area contributed by atoms with Crippen molar-refractivity contribution in [2.24, 2.45) is 0 Å². The number of hydrogen-bond donors (Lipinski definition) is 1. The van der Waals surface area contributed by atoms with Gasteiger partial charge in [-0.3, -0.25) is 9.10 Å². The number of benzene rings is 2. The number of halogens is 1. The fourth-order valence-corrected chi connectivity index (χ4v) is 5.79. The van der Waals surface area contributed by atoms with E-state index < -0.39 is 21.7 Å². The Bertz CT molecular complexity index is 1160. The Labute approximate surface area is 173 Å². The van der Waals surface area contributed by atoms with Gasteiger partial charge < -0.3 is 5.32 Å². The third kappa shape index (κ3) is 4.04. The number of para-hydroxylation sites is 1. The van der Waals surface area contributed by atoms with E-state index in [1.807, 2.05) is 19.1 Å². The molecule has 0 saturated carbocycles. The summed E-state index contributed by atoms with van der Waals surface area (Å²) in [6.45, 7) is 5.41. The van der Waals surface area contributed by atoms with Gasteiger partial charge in [0.1, 0.15) is 10.7 Å². The molecule has 0 radical (unpaired) electrons. The van der Waals surface area contributed by atoms with Crippen LogP contribution in [0, 0.1) is 26.6 Å². The number of thiophene rings is 1. The molecule has 1 amide bonds. The molecule has 0 unspecified atom stereocenters. The van der Waals surface area contributed by atoms with Gasteiger partial charge in [0.05, 0.1) is 16.3 Å². The minimum atomic E-state index is -3.89. The van der Waals surface area contributed by atoms with E-state index in [-0.39, 0.29) is 21.1 Å². The molecule has 0 saturated heterocycles. The number of nitrogens with zero attached hydrogens (tertiary/aromatic N) is 1. The first-order valence-corrected chi connectivity index (χ1v) is 11.1. The Kier molecular flexibility index (Phi) is 5.77. The number of sulfonamides is 1. The predicted octanol–water partition coefficient (Wildman–Crippen LogP) is 4.89. The van der Waals surface area contributed by atoms with E-state index in [0.717, 1.165) is 21.2 Å². The summed E-state index contributed by atoms with van der Waals surface area (Å²) in [6.07, 6.45) is 0. The lowest BCUT2D eigenvalue weighted by Gasteiger charge is -2.22. The summed E-state index contributed by atoms with van der Waals surface area (Å²) in [7, 11) is -2.48. The van der Waals surface area contributed by atoms with Crippen molar-refractivity contribution in [3.8, 4) is 0 Å². The first-order valence-electron chi connectivity index (χ1n) is 8.83. The van der Waals surface area contributed by atoms with Crippen LogP contribution >= 0.6 is 11.3 Å². The summed E-state index contributed by atoms with van der Waals surface area (Å²) in [5.74, 6) is -1.13. The molecule has 8 heteroatoms. The fraction of sp³-hybridized carbons (Fsp3) is 0.190. The number of carbonyl (C=O) groups is 1. The highest BCUT2D eigenvalue weighted by atomic mass is 32.2. The molecule has 152 valence electrons. The maximum Gasteiger partial charge on any atom is 0.267 e. The summed E-state index contributed by atoms with van der Waals surface area (Å²) in [4.78, 5) is 13.1. The van der Waals surface area contributed by atoms with Crippen molar-refractivity contribution in [2.45, 2.75) is 25.7 Å². The fourth-order valence-electron chi connectivity index (χ4n) is 3.30. The summed E-state index contributed by atoms with van der Waals surface area (Å²) in [5, 5.41) is 4.14. The van der Waals surface area contributed by atoms with Gasteiger partial charge in [0, 0.05) is 7.05 Å². The molecule has 1 heterocycles. The summed E-state index contributed by atoms with van der Waals surface area (Å²) < 4.78 is 41.6. The highest BCUT2D eigenvalue weighted by Gasteiger charge is 2.29. The second kappa shape index (κ2) is 7.96. The molecule has 0 aliphatic heterocycles. The van der Waals surface area contributed by atoms with Crippen LogP contribution in [-0.2, 0) is 10.0 Å². The van der Waals surface area contributed by atoms with E-state index >= 15 is 0 Å². The van der Waals surface area contributed by atoms with Crippen molar-refractivity contribution in [1.29, 1.82) is 0 Å². The van der Waals surface area contributed by atoms with Crippen LogP contribution in [-0.4, -0.2) is 21.4 Å². The van der Waals surface area contributed by atoms with Crippen LogP contribution in [0.15, 0.2) is 52.7 Å². The molecule has 1 N–H and O–H groups in total. The maximum atomic E-state index is 13.9. The lowest BCUT2D eigenvalue weighted by Crippen LogP contribution is -2.29. The summed E-state index contributed by atoms with van der Waals surface area (Å²) >= 11 is 1.09. The number of hydrogen-bond acceptors (Lipinski definition) is 4. The molecule has 0 aliphatic carbocycles. The Hall–Kier alpha value is -2.71. The molecule has 0 atom stereocenters.